The zero-order valence-electron chi connectivity index (χ0n) is 37.6. The summed E-state index contributed by atoms with van der Waals surface area (Å²) in [5, 5.41) is 10.3. The molecular weight excluding hydrogens is 833 g/mol. The van der Waals surface area contributed by atoms with Gasteiger partial charge in [0, 0.05) is 27.8 Å². The van der Waals surface area contributed by atoms with E-state index in [2.05, 4.69) is 264 Å². The molecule has 15 rings (SSSR count). The van der Waals surface area contributed by atoms with Gasteiger partial charge in [-0.25, -0.2) is 0 Å². The minimum atomic E-state index is -0.510. The van der Waals surface area contributed by atoms with Crippen molar-refractivity contribution in [3.05, 3.63) is 277 Å². The Morgan fingerprint density at radius 3 is 1.62 bits per heavy atom. The summed E-state index contributed by atoms with van der Waals surface area (Å²) in [6.45, 7) is 0. The van der Waals surface area contributed by atoms with Crippen LogP contribution in [0.15, 0.2) is 255 Å². The van der Waals surface area contributed by atoms with Crippen molar-refractivity contribution in [2.75, 3.05) is 4.90 Å². The molecular formula is C67H42N2. The molecule has 2 aliphatic rings. The van der Waals surface area contributed by atoms with Crippen LogP contribution in [0, 0.1) is 0 Å². The summed E-state index contributed by atoms with van der Waals surface area (Å²) in [6, 6.07) is 94.8. The minimum absolute atomic E-state index is 0.510. The Bertz CT molecular complexity index is 4220. The van der Waals surface area contributed by atoms with Gasteiger partial charge in [-0.3, -0.25) is 0 Å². The Labute approximate surface area is 400 Å². The summed E-state index contributed by atoms with van der Waals surface area (Å²) in [7, 11) is 0. The molecule has 0 amide bonds. The predicted octanol–water partition coefficient (Wildman–Crippen LogP) is 17.7. The summed E-state index contributed by atoms with van der Waals surface area (Å²) < 4.78 is 2.52. The quantitative estimate of drug-likeness (QED) is 0.156. The highest BCUT2D eigenvalue weighted by Gasteiger charge is 2.51. The highest BCUT2D eigenvalue weighted by atomic mass is 15.1. The summed E-state index contributed by atoms with van der Waals surface area (Å²) in [6.07, 6.45) is 0. The number of nitrogens with zero attached hydrogens (tertiary/aromatic N) is 2. The average molecular weight is 875 g/mol. The van der Waals surface area contributed by atoms with Crippen LogP contribution in [0.5, 0.6) is 0 Å². The van der Waals surface area contributed by atoms with Gasteiger partial charge in [-0.1, -0.05) is 200 Å². The van der Waals surface area contributed by atoms with Crippen LogP contribution in [0.1, 0.15) is 22.3 Å². The van der Waals surface area contributed by atoms with Crippen LogP contribution in [0.3, 0.4) is 0 Å². The molecule has 0 N–H and O–H groups in total. The molecule has 13 aromatic rings. The first kappa shape index (κ1) is 38.2. The molecule has 320 valence electrons. The van der Waals surface area contributed by atoms with Crippen LogP contribution in [-0.4, -0.2) is 4.57 Å². The molecule has 1 aliphatic carbocycles. The van der Waals surface area contributed by atoms with E-state index < -0.39 is 5.41 Å². The third-order valence-corrected chi connectivity index (χ3v) is 15.3. The number of anilines is 3. The van der Waals surface area contributed by atoms with E-state index in [4.69, 9.17) is 0 Å². The summed E-state index contributed by atoms with van der Waals surface area (Å²) in [5.74, 6) is 0. The molecule has 1 aromatic heterocycles. The minimum Gasteiger partial charge on any atom is -0.310 e. The van der Waals surface area contributed by atoms with Crippen molar-refractivity contribution in [2.24, 2.45) is 0 Å². The summed E-state index contributed by atoms with van der Waals surface area (Å²) in [4.78, 5) is 2.39. The molecule has 2 heterocycles. The lowest BCUT2D eigenvalue weighted by Crippen LogP contribution is -2.33. The Kier molecular flexibility index (Phi) is 8.02. The largest absolute Gasteiger partial charge is 0.310 e. The Morgan fingerprint density at radius 2 is 0.826 bits per heavy atom. The number of aromatic nitrogens is 1. The SMILES string of the molecule is c1ccc(N(c2ccc(-c3ccc4c5ccccc5c5ccccc5c4c3)cc2)c2cccc(-c3cccc4c3-c3ccccc3C43c4ccccc4-n4c5ccccc5c5cccc3c54)c2)cc1. The van der Waals surface area contributed by atoms with Gasteiger partial charge in [-0.2, -0.15) is 0 Å². The fraction of sp³-hybridized carbons (Fsp3) is 0.0149. The fourth-order valence-corrected chi connectivity index (χ4v) is 12.6. The molecule has 69 heavy (non-hydrogen) atoms. The van der Waals surface area contributed by atoms with Crippen molar-refractivity contribution < 1.29 is 0 Å². The Morgan fingerprint density at radius 1 is 0.290 bits per heavy atom. The second-order valence-corrected chi connectivity index (χ2v) is 18.7. The molecule has 1 unspecified atom stereocenters. The molecule has 1 spiro atoms. The second-order valence-electron chi connectivity index (χ2n) is 18.7. The average Bonchev–Trinajstić information content (AvgIpc) is 3.92. The molecule has 0 saturated heterocycles. The van der Waals surface area contributed by atoms with Gasteiger partial charge < -0.3 is 9.47 Å². The maximum atomic E-state index is 2.52. The molecule has 1 aliphatic heterocycles. The van der Waals surface area contributed by atoms with E-state index in [-0.39, 0.29) is 0 Å². The topological polar surface area (TPSA) is 8.17 Å². The van der Waals surface area contributed by atoms with Gasteiger partial charge in [0.05, 0.1) is 22.1 Å². The molecule has 1 atom stereocenters. The van der Waals surface area contributed by atoms with Crippen LogP contribution in [0.25, 0.3) is 93.2 Å². The third-order valence-electron chi connectivity index (χ3n) is 15.3. The third kappa shape index (κ3) is 5.26. The monoisotopic (exact) mass is 874 g/mol. The van der Waals surface area contributed by atoms with Crippen molar-refractivity contribution in [3.63, 3.8) is 0 Å². The van der Waals surface area contributed by atoms with E-state index in [9.17, 15) is 0 Å². The number of rotatable bonds is 5. The first-order valence-electron chi connectivity index (χ1n) is 24.0. The second kappa shape index (κ2) is 14.5. The lowest BCUT2D eigenvalue weighted by atomic mass is 9.65. The van der Waals surface area contributed by atoms with Gasteiger partial charge in [-0.05, 0) is 143 Å². The van der Waals surface area contributed by atoms with Crippen molar-refractivity contribution in [1.29, 1.82) is 0 Å². The number of para-hydroxylation sites is 4. The van der Waals surface area contributed by atoms with Crippen LogP contribution in [-0.2, 0) is 5.41 Å². The molecule has 2 heteroatoms. The van der Waals surface area contributed by atoms with Crippen molar-refractivity contribution in [2.45, 2.75) is 5.41 Å². The van der Waals surface area contributed by atoms with Crippen molar-refractivity contribution in [3.8, 4) is 39.1 Å². The number of hydrogen-bond donors (Lipinski definition) is 0. The van der Waals surface area contributed by atoms with E-state index >= 15 is 0 Å². The van der Waals surface area contributed by atoms with E-state index in [1.165, 1.54) is 115 Å². The molecule has 0 saturated carbocycles. The van der Waals surface area contributed by atoms with Gasteiger partial charge in [-0.15, -0.1) is 0 Å². The first-order valence-corrected chi connectivity index (χ1v) is 24.0. The highest BCUT2D eigenvalue weighted by molar-refractivity contribution is 6.25. The summed E-state index contributed by atoms with van der Waals surface area (Å²) in [5.41, 5.74) is 19.3. The van der Waals surface area contributed by atoms with Crippen LogP contribution >= 0.6 is 0 Å². The van der Waals surface area contributed by atoms with Crippen molar-refractivity contribution >= 4 is 71.2 Å². The van der Waals surface area contributed by atoms with Crippen LogP contribution in [0.4, 0.5) is 17.1 Å². The molecule has 0 bridgehead atoms. The Balaban J connectivity index is 0.882. The lowest BCUT2D eigenvalue weighted by molar-refractivity contribution is 0.748. The number of fused-ring (bicyclic) bond motifs is 18. The van der Waals surface area contributed by atoms with E-state index in [0.29, 0.717) is 0 Å². The number of benzene rings is 12. The maximum absolute atomic E-state index is 2.52. The van der Waals surface area contributed by atoms with Gasteiger partial charge in [0.2, 0.25) is 0 Å². The Hall–Kier alpha value is -8.98. The standard InChI is InChI=1S/C67H42N2/c1-2-18-46(19-3-1)68(47-38-35-43(36-39-47)44-37-40-54-52-23-5-4-21-50(52)51-22-6-7-24-53(51)58(54)42-44)48-20-14-17-45(41-48)49-27-15-31-61-65(49)57-26-8-10-29-59(57)67(61)60-30-11-13-34-64(60)69-63-33-12-9-25-55(63)56-28-16-32-62(67)66(56)69/h1-42H. The highest BCUT2D eigenvalue weighted by Crippen LogP contribution is 2.62. The van der Waals surface area contributed by atoms with Crippen molar-refractivity contribution in [1.82, 2.24) is 4.57 Å². The smallest absolute Gasteiger partial charge is 0.0754 e. The molecule has 0 fully saturated rings. The molecule has 2 nitrogen and oxygen atoms in total. The zero-order valence-corrected chi connectivity index (χ0v) is 37.6. The van der Waals surface area contributed by atoms with E-state index in [0.717, 1.165) is 17.1 Å². The first-order chi connectivity index (χ1) is 34.3. The van der Waals surface area contributed by atoms with Crippen LogP contribution < -0.4 is 4.90 Å². The lowest BCUT2D eigenvalue weighted by Gasteiger charge is -2.39. The molecule has 12 aromatic carbocycles. The maximum Gasteiger partial charge on any atom is 0.0754 e. The molecule has 0 radical (unpaired) electrons. The van der Waals surface area contributed by atoms with Gasteiger partial charge in [0.15, 0.2) is 0 Å². The van der Waals surface area contributed by atoms with E-state index in [1.54, 1.807) is 0 Å². The van der Waals surface area contributed by atoms with Gasteiger partial charge >= 0.3 is 0 Å². The fourth-order valence-electron chi connectivity index (χ4n) is 12.6. The number of hydrogen-bond acceptors (Lipinski definition) is 1. The predicted molar refractivity (Wildman–Crippen MR) is 290 cm³/mol. The van der Waals surface area contributed by atoms with Gasteiger partial charge in [0.25, 0.3) is 0 Å². The zero-order chi connectivity index (χ0) is 45.2. The van der Waals surface area contributed by atoms with Crippen LogP contribution in [0.2, 0.25) is 0 Å². The van der Waals surface area contributed by atoms with E-state index in [1.807, 2.05) is 0 Å². The normalized spacial score (nSPS) is 14.4. The summed E-state index contributed by atoms with van der Waals surface area (Å²) >= 11 is 0. The van der Waals surface area contributed by atoms with Gasteiger partial charge in [0.1, 0.15) is 0 Å².